The highest BCUT2D eigenvalue weighted by molar-refractivity contribution is 6.35. The van der Waals surface area contributed by atoms with Crippen LogP contribution in [0.2, 0.25) is 10.0 Å². The lowest BCUT2D eigenvalue weighted by Gasteiger charge is -2.08. The summed E-state index contributed by atoms with van der Waals surface area (Å²) in [6, 6.07) is 7.62. The molecule has 0 unspecified atom stereocenters. The molecule has 1 nitrogen and oxygen atoms in total. The highest BCUT2D eigenvalue weighted by atomic mass is 35.5. The number of nitrogens with zero attached hydrogens (tertiary/aromatic N) is 1. The summed E-state index contributed by atoms with van der Waals surface area (Å²) in [6.07, 6.45) is 1.82. The Labute approximate surface area is 86.9 Å². The van der Waals surface area contributed by atoms with E-state index in [1.165, 1.54) is 0 Å². The second-order valence-corrected chi connectivity index (χ2v) is 4.16. The Morgan fingerprint density at radius 1 is 1.31 bits per heavy atom. The third kappa shape index (κ3) is 1.41. The SMILES string of the molecule is N#CC1(c2ccc(Cl)cc2Cl)CC1. The van der Waals surface area contributed by atoms with E-state index in [0.717, 1.165) is 18.4 Å². The minimum absolute atomic E-state index is 0.318. The summed E-state index contributed by atoms with van der Waals surface area (Å²) in [5, 5.41) is 10.2. The van der Waals surface area contributed by atoms with Gasteiger partial charge in [0.2, 0.25) is 0 Å². The van der Waals surface area contributed by atoms with E-state index in [1.807, 2.05) is 6.07 Å². The topological polar surface area (TPSA) is 23.8 Å². The lowest BCUT2D eigenvalue weighted by molar-refractivity contribution is 0.909. The van der Waals surface area contributed by atoms with Gasteiger partial charge in [0.05, 0.1) is 11.5 Å². The predicted molar refractivity (Wildman–Crippen MR) is 53.0 cm³/mol. The van der Waals surface area contributed by atoms with Gasteiger partial charge in [-0.25, -0.2) is 0 Å². The molecule has 0 aliphatic heterocycles. The molecule has 0 aromatic heterocycles. The first-order chi connectivity index (χ1) is 6.18. The monoisotopic (exact) mass is 211 g/mol. The van der Waals surface area contributed by atoms with E-state index in [1.54, 1.807) is 12.1 Å². The first-order valence-corrected chi connectivity index (χ1v) is 4.80. The van der Waals surface area contributed by atoms with Crippen molar-refractivity contribution in [3.63, 3.8) is 0 Å². The number of halogens is 2. The van der Waals surface area contributed by atoms with E-state index in [2.05, 4.69) is 6.07 Å². The van der Waals surface area contributed by atoms with E-state index in [0.29, 0.717) is 10.0 Å². The van der Waals surface area contributed by atoms with Gasteiger partial charge in [0.1, 0.15) is 0 Å². The van der Waals surface area contributed by atoms with Crippen LogP contribution in [0.3, 0.4) is 0 Å². The van der Waals surface area contributed by atoms with Gasteiger partial charge in [-0.15, -0.1) is 0 Å². The molecule has 1 aliphatic carbocycles. The summed E-state index contributed by atoms with van der Waals surface area (Å²) in [4.78, 5) is 0. The molecule has 1 aromatic rings. The fourth-order valence-corrected chi connectivity index (χ4v) is 2.03. The molecule has 0 bridgehead atoms. The number of hydrogen-bond acceptors (Lipinski definition) is 1. The maximum absolute atomic E-state index is 8.96. The smallest absolute Gasteiger partial charge is 0.0838 e. The number of rotatable bonds is 1. The lowest BCUT2D eigenvalue weighted by atomic mass is 9.98. The minimum atomic E-state index is -0.318. The van der Waals surface area contributed by atoms with Gasteiger partial charge < -0.3 is 0 Å². The van der Waals surface area contributed by atoms with Crippen molar-refractivity contribution >= 4 is 23.2 Å². The largest absolute Gasteiger partial charge is 0.197 e. The minimum Gasteiger partial charge on any atom is -0.197 e. The Hall–Kier alpha value is -0.710. The standard InChI is InChI=1S/C10H7Cl2N/c11-7-1-2-8(9(12)5-7)10(6-13)3-4-10/h1-2,5H,3-4H2. The third-order valence-electron chi connectivity index (χ3n) is 2.41. The third-order valence-corrected chi connectivity index (χ3v) is 2.96. The molecule has 3 heteroatoms. The van der Waals surface area contributed by atoms with Gasteiger partial charge >= 0.3 is 0 Å². The van der Waals surface area contributed by atoms with Gasteiger partial charge in [-0.2, -0.15) is 5.26 Å². The second-order valence-electron chi connectivity index (χ2n) is 3.32. The van der Waals surface area contributed by atoms with Crippen molar-refractivity contribution in [3.05, 3.63) is 33.8 Å². The fraction of sp³-hybridized carbons (Fsp3) is 0.300. The molecular weight excluding hydrogens is 205 g/mol. The van der Waals surface area contributed by atoms with Crippen molar-refractivity contribution in [1.29, 1.82) is 5.26 Å². The lowest BCUT2D eigenvalue weighted by Crippen LogP contribution is -2.02. The molecule has 1 aromatic carbocycles. The molecular formula is C10H7Cl2N. The zero-order chi connectivity index (χ0) is 9.47. The van der Waals surface area contributed by atoms with Crippen LogP contribution in [-0.4, -0.2) is 0 Å². The van der Waals surface area contributed by atoms with Gasteiger partial charge in [-0.3, -0.25) is 0 Å². The molecule has 2 rings (SSSR count). The fourth-order valence-electron chi connectivity index (χ4n) is 1.44. The van der Waals surface area contributed by atoms with Gasteiger partial charge in [-0.05, 0) is 30.5 Å². The molecule has 1 aliphatic rings. The average Bonchev–Trinajstić information content (AvgIpc) is 2.85. The van der Waals surface area contributed by atoms with Crippen LogP contribution in [0.25, 0.3) is 0 Å². The molecule has 0 amide bonds. The molecule has 1 fully saturated rings. The van der Waals surface area contributed by atoms with Crippen LogP contribution in [0.1, 0.15) is 18.4 Å². The van der Waals surface area contributed by atoms with Crippen LogP contribution in [0.5, 0.6) is 0 Å². The first kappa shape index (κ1) is 8.87. The highest BCUT2D eigenvalue weighted by Crippen LogP contribution is 2.50. The van der Waals surface area contributed by atoms with Crippen molar-refractivity contribution in [1.82, 2.24) is 0 Å². The van der Waals surface area contributed by atoms with Crippen molar-refractivity contribution in [3.8, 4) is 6.07 Å². The molecule has 0 saturated heterocycles. The van der Waals surface area contributed by atoms with Gasteiger partial charge in [0.15, 0.2) is 0 Å². The number of nitriles is 1. The van der Waals surface area contributed by atoms with Crippen LogP contribution in [0.4, 0.5) is 0 Å². The second kappa shape index (κ2) is 2.90. The van der Waals surface area contributed by atoms with E-state index < -0.39 is 0 Å². The molecule has 0 spiro atoms. The van der Waals surface area contributed by atoms with Crippen LogP contribution < -0.4 is 0 Å². The molecule has 0 heterocycles. The van der Waals surface area contributed by atoms with Crippen LogP contribution in [0.15, 0.2) is 18.2 Å². The molecule has 0 N–H and O–H groups in total. The summed E-state index contributed by atoms with van der Waals surface area (Å²) in [7, 11) is 0. The quantitative estimate of drug-likeness (QED) is 0.698. The van der Waals surface area contributed by atoms with Crippen molar-refractivity contribution in [2.75, 3.05) is 0 Å². The molecule has 1 saturated carbocycles. The summed E-state index contributed by atoms with van der Waals surface area (Å²) < 4.78 is 0. The van der Waals surface area contributed by atoms with Gasteiger partial charge in [0, 0.05) is 10.0 Å². The maximum atomic E-state index is 8.96. The maximum Gasteiger partial charge on any atom is 0.0838 e. The van der Waals surface area contributed by atoms with Crippen molar-refractivity contribution < 1.29 is 0 Å². The van der Waals surface area contributed by atoms with E-state index in [-0.39, 0.29) is 5.41 Å². The Morgan fingerprint density at radius 3 is 2.46 bits per heavy atom. The highest BCUT2D eigenvalue weighted by Gasteiger charge is 2.46. The normalized spacial score (nSPS) is 17.9. The number of hydrogen-bond donors (Lipinski definition) is 0. The van der Waals surface area contributed by atoms with E-state index in [9.17, 15) is 0 Å². The summed E-state index contributed by atoms with van der Waals surface area (Å²) in [5.41, 5.74) is 0.600. The van der Waals surface area contributed by atoms with Crippen LogP contribution in [0, 0.1) is 11.3 Å². The Kier molecular flexibility index (Phi) is 1.98. The summed E-state index contributed by atoms with van der Waals surface area (Å²) in [6.45, 7) is 0. The van der Waals surface area contributed by atoms with Gasteiger partial charge in [-0.1, -0.05) is 29.3 Å². The summed E-state index contributed by atoms with van der Waals surface area (Å²) >= 11 is 11.8. The molecule has 13 heavy (non-hydrogen) atoms. The molecule has 66 valence electrons. The van der Waals surface area contributed by atoms with Crippen LogP contribution in [-0.2, 0) is 5.41 Å². The summed E-state index contributed by atoms with van der Waals surface area (Å²) in [5.74, 6) is 0. The van der Waals surface area contributed by atoms with E-state index in [4.69, 9.17) is 28.5 Å². The van der Waals surface area contributed by atoms with Crippen LogP contribution >= 0.6 is 23.2 Å². The Balaban J connectivity index is 2.48. The predicted octanol–water partition coefficient (Wildman–Crippen LogP) is 3.55. The van der Waals surface area contributed by atoms with Crippen molar-refractivity contribution in [2.45, 2.75) is 18.3 Å². The number of benzene rings is 1. The zero-order valence-electron chi connectivity index (χ0n) is 6.85. The molecule has 0 atom stereocenters. The average molecular weight is 212 g/mol. The Bertz CT molecular complexity index is 388. The van der Waals surface area contributed by atoms with E-state index >= 15 is 0 Å². The van der Waals surface area contributed by atoms with Gasteiger partial charge in [0.25, 0.3) is 0 Å². The van der Waals surface area contributed by atoms with Crippen molar-refractivity contribution in [2.24, 2.45) is 0 Å². The Morgan fingerprint density at radius 2 is 2.00 bits per heavy atom. The first-order valence-electron chi connectivity index (χ1n) is 4.05. The molecule has 0 radical (unpaired) electrons. The zero-order valence-corrected chi connectivity index (χ0v) is 8.36.